The first-order valence-corrected chi connectivity index (χ1v) is 1.71. The predicted octanol–water partition coefficient (Wildman–Crippen LogP) is 0.131. The fraction of sp³-hybridized carbons (Fsp3) is 0.750. The summed E-state index contributed by atoms with van der Waals surface area (Å²) >= 11 is 0. The van der Waals surface area contributed by atoms with Gasteiger partial charge in [0, 0.05) is 7.11 Å². The highest BCUT2D eigenvalue weighted by atomic mass is 16.5. The van der Waals surface area contributed by atoms with Crippen molar-refractivity contribution >= 4 is 6.29 Å². The van der Waals surface area contributed by atoms with Crippen LogP contribution in [0.5, 0.6) is 0 Å². The van der Waals surface area contributed by atoms with Crippen LogP contribution in [0.3, 0.4) is 0 Å². The van der Waals surface area contributed by atoms with E-state index in [9.17, 15) is 4.79 Å². The molecule has 0 fully saturated rings. The number of hydrogen-bond donors (Lipinski definition) is 0. The summed E-state index contributed by atoms with van der Waals surface area (Å²) in [5, 5.41) is 0. The number of rotatable bonds is 2. The lowest BCUT2D eigenvalue weighted by molar-refractivity contribution is 0.167. The maximum Gasteiger partial charge on any atom is 0.229 e. The van der Waals surface area contributed by atoms with Crippen LogP contribution in [-0.4, -0.2) is 19.5 Å². The summed E-state index contributed by atoms with van der Waals surface area (Å²) < 4.78 is 4.48. The quantitative estimate of drug-likeness (QED) is 0.478. The first-order valence-electron chi connectivity index (χ1n) is 1.71. The molecule has 0 rings (SSSR count). The predicted molar refractivity (Wildman–Crippen MR) is 22.2 cm³/mol. The highest BCUT2D eigenvalue weighted by Gasteiger charge is 1.91. The lowest BCUT2D eigenvalue weighted by Gasteiger charge is -1.92. The van der Waals surface area contributed by atoms with Gasteiger partial charge in [0.2, 0.25) is 6.29 Å². The van der Waals surface area contributed by atoms with Crippen LogP contribution in [0.1, 0.15) is 6.92 Å². The van der Waals surface area contributed by atoms with E-state index in [4.69, 9.17) is 0 Å². The van der Waals surface area contributed by atoms with Crippen molar-refractivity contribution in [3.8, 4) is 0 Å². The van der Waals surface area contributed by atoms with Gasteiger partial charge in [-0.1, -0.05) is 0 Å². The number of carbonyl (C=O) groups excluding carboxylic acids is 1. The van der Waals surface area contributed by atoms with E-state index >= 15 is 0 Å². The van der Waals surface area contributed by atoms with Gasteiger partial charge < -0.3 is 4.74 Å². The largest absolute Gasteiger partial charge is 0.373 e. The van der Waals surface area contributed by atoms with Crippen molar-refractivity contribution in [3.63, 3.8) is 0 Å². The van der Waals surface area contributed by atoms with Crippen LogP contribution in [0, 0.1) is 0 Å². The molecule has 0 unspecified atom stereocenters. The normalized spacial score (nSPS) is 13.7. The molecule has 0 amide bonds. The summed E-state index contributed by atoms with van der Waals surface area (Å²) in [5.74, 6) is 0. The second-order valence-electron chi connectivity index (χ2n) is 0.996. The molecule has 1 radical (unpaired) electrons. The van der Waals surface area contributed by atoms with E-state index in [1.165, 1.54) is 7.11 Å². The molecule has 0 aromatic rings. The summed E-state index contributed by atoms with van der Waals surface area (Å²) in [6, 6.07) is 0. The molecule has 2 heteroatoms. The molecule has 1 atom stereocenters. The zero-order valence-electron chi connectivity index (χ0n) is 3.89. The maximum atomic E-state index is 9.49. The Kier molecular flexibility index (Phi) is 2.67. The number of methoxy groups -OCH3 is 1. The third kappa shape index (κ3) is 1.91. The molecule has 0 aliphatic heterocycles. The van der Waals surface area contributed by atoms with Crippen molar-refractivity contribution in [2.75, 3.05) is 7.11 Å². The van der Waals surface area contributed by atoms with Gasteiger partial charge in [-0.2, -0.15) is 0 Å². The molecule has 0 N–H and O–H groups in total. The Balaban J connectivity index is 2.96. The van der Waals surface area contributed by atoms with E-state index in [1.54, 1.807) is 13.2 Å². The summed E-state index contributed by atoms with van der Waals surface area (Å²) in [4.78, 5) is 9.49. The fourth-order valence-corrected chi connectivity index (χ4v) is 0.0481. The SMILES string of the molecule is CO[C@@H](C)[C]=O. The van der Waals surface area contributed by atoms with Crippen molar-refractivity contribution in [1.82, 2.24) is 0 Å². The van der Waals surface area contributed by atoms with Gasteiger partial charge in [0.15, 0.2) is 0 Å². The monoisotopic (exact) mass is 87.0 g/mol. The molecule has 0 saturated heterocycles. The molecule has 0 aliphatic carbocycles. The van der Waals surface area contributed by atoms with Gasteiger partial charge in [-0.05, 0) is 6.92 Å². The second kappa shape index (κ2) is 2.85. The molecule has 0 bridgehead atoms. The molecule has 0 aromatic carbocycles. The second-order valence-corrected chi connectivity index (χ2v) is 0.996. The Hall–Kier alpha value is -0.370. The van der Waals surface area contributed by atoms with Crippen LogP contribution in [0.4, 0.5) is 0 Å². The van der Waals surface area contributed by atoms with Crippen LogP contribution in [0.2, 0.25) is 0 Å². The van der Waals surface area contributed by atoms with Crippen LogP contribution in [0.25, 0.3) is 0 Å². The minimum Gasteiger partial charge on any atom is -0.373 e. The van der Waals surface area contributed by atoms with E-state index in [0.717, 1.165) is 0 Å². The van der Waals surface area contributed by atoms with Gasteiger partial charge in [0.25, 0.3) is 0 Å². The van der Waals surface area contributed by atoms with E-state index in [-0.39, 0.29) is 6.10 Å². The highest BCUT2D eigenvalue weighted by Crippen LogP contribution is 1.75. The average molecular weight is 87.1 g/mol. The molecule has 0 saturated carbocycles. The first-order chi connectivity index (χ1) is 2.81. The third-order valence-corrected chi connectivity index (χ3v) is 0.520. The molecule has 35 valence electrons. The van der Waals surface area contributed by atoms with Crippen molar-refractivity contribution in [1.29, 1.82) is 0 Å². The minimum atomic E-state index is -0.370. The molecule has 0 aliphatic rings. The van der Waals surface area contributed by atoms with Crippen LogP contribution in [0.15, 0.2) is 0 Å². The molecule has 6 heavy (non-hydrogen) atoms. The Labute approximate surface area is 37.1 Å². The van der Waals surface area contributed by atoms with Crippen molar-refractivity contribution in [3.05, 3.63) is 0 Å². The average Bonchev–Trinajstić information content (AvgIpc) is 1.65. The van der Waals surface area contributed by atoms with E-state index in [0.29, 0.717) is 0 Å². The molecule has 0 heterocycles. The smallest absolute Gasteiger partial charge is 0.229 e. The van der Waals surface area contributed by atoms with Crippen LogP contribution >= 0.6 is 0 Å². The summed E-state index contributed by atoms with van der Waals surface area (Å²) in [7, 11) is 1.47. The lowest BCUT2D eigenvalue weighted by Crippen LogP contribution is -2.03. The minimum absolute atomic E-state index is 0.370. The van der Waals surface area contributed by atoms with Crippen molar-refractivity contribution < 1.29 is 9.53 Å². The Bertz CT molecular complexity index is 42.8. The number of ether oxygens (including phenoxy) is 1. The first kappa shape index (κ1) is 5.63. The zero-order chi connectivity index (χ0) is 4.99. The topological polar surface area (TPSA) is 26.3 Å². The summed E-state index contributed by atoms with van der Waals surface area (Å²) in [6.07, 6.45) is 1.27. The maximum absolute atomic E-state index is 9.49. The Morgan fingerprint density at radius 1 is 1.83 bits per heavy atom. The van der Waals surface area contributed by atoms with E-state index in [1.807, 2.05) is 0 Å². The van der Waals surface area contributed by atoms with Gasteiger partial charge in [0.05, 0.1) is 0 Å². The molecular formula is C4H7O2. The standard InChI is InChI=1S/C4H7O2/c1-4(3-5)6-2/h4H,1-2H3/t4-/m0/s1. The third-order valence-electron chi connectivity index (χ3n) is 0.520. The van der Waals surface area contributed by atoms with Gasteiger partial charge in [-0.3, -0.25) is 4.79 Å². The molecule has 2 nitrogen and oxygen atoms in total. The number of hydrogen-bond acceptors (Lipinski definition) is 2. The molecular weight excluding hydrogens is 80.0 g/mol. The van der Waals surface area contributed by atoms with Gasteiger partial charge >= 0.3 is 0 Å². The van der Waals surface area contributed by atoms with Gasteiger partial charge in [0.1, 0.15) is 6.10 Å². The zero-order valence-corrected chi connectivity index (χ0v) is 3.89. The summed E-state index contributed by atoms with van der Waals surface area (Å²) in [5.41, 5.74) is 0. The Morgan fingerprint density at radius 3 is 2.33 bits per heavy atom. The van der Waals surface area contributed by atoms with Crippen LogP contribution < -0.4 is 0 Å². The van der Waals surface area contributed by atoms with Crippen LogP contribution in [-0.2, 0) is 9.53 Å². The van der Waals surface area contributed by atoms with Crippen molar-refractivity contribution in [2.45, 2.75) is 13.0 Å². The Morgan fingerprint density at radius 2 is 2.33 bits per heavy atom. The lowest BCUT2D eigenvalue weighted by atomic mass is 10.5. The fourth-order valence-electron chi connectivity index (χ4n) is 0.0481. The van der Waals surface area contributed by atoms with Crippen molar-refractivity contribution in [2.24, 2.45) is 0 Å². The van der Waals surface area contributed by atoms with Gasteiger partial charge in [-0.15, -0.1) is 0 Å². The van der Waals surface area contributed by atoms with Gasteiger partial charge in [-0.25, -0.2) is 0 Å². The highest BCUT2D eigenvalue weighted by molar-refractivity contribution is 5.55. The molecule has 0 spiro atoms. The molecule has 0 aromatic heterocycles. The summed E-state index contributed by atoms with van der Waals surface area (Å²) in [6.45, 7) is 1.63. The van der Waals surface area contributed by atoms with E-state index in [2.05, 4.69) is 4.74 Å². The van der Waals surface area contributed by atoms with E-state index < -0.39 is 0 Å².